The van der Waals surface area contributed by atoms with Crippen LogP contribution in [0, 0.1) is 0 Å². The number of hydrogen-bond donors (Lipinski definition) is 1. The first kappa shape index (κ1) is 16.5. The molecule has 128 valence electrons. The van der Waals surface area contributed by atoms with E-state index in [1.165, 1.54) is 17.4 Å². The summed E-state index contributed by atoms with van der Waals surface area (Å²) in [5.74, 6) is -0.402. The molecule has 0 saturated carbocycles. The van der Waals surface area contributed by atoms with Gasteiger partial charge < -0.3 is 10.0 Å². The van der Waals surface area contributed by atoms with Crippen LogP contribution in [0.3, 0.4) is 0 Å². The maximum Gasteiger partial charge on any atom is 0.417 e. The summed E-state index contributed by atoms with van der Waals surface area (Å²) in [5, 5.41) is 9.69. The molecule has 0 unspecified atom stereocenters. The van der Waals surface area contributed by atoms with E-state index in [9.17, 15) is 23.1 Å². The number of carbonyl (C=O) groups is 1. The topological polar surface area (TPSA) is 58.4 Å². The molecule has 0 aliphatic carbocycles. The van der Waals surface area contributed by atoms with E-state index in [4.69, 9.17) is 0 Å². The molecule has 24 heavy (non-hydrogen) atoms. The highest BCUT2D eigenvalue weighted by molar-refractivity contribution is 5.93. The standard InChI is InChI=1S/C16H16F3N3O2/c17-16(18,19)15(24)6-8-21(9-7-15)14(23)13-10-20-11-22(13)12-4-2-1-3-5-12/h1-5,10-11,24H,6-9H2. The van der Waals surface area contributed by atoms with Gasteiger partial charge in [0.15, 0.2) is 5.60 Å². The number of benzene rings is 1. The lowest BCUT2D eigenvalue weighted by Gasteiger charge is -2.39. The van der Waals surface area contributed by atoms with Gasteiger partial charge in [-0.25, -0.2) is 4.98 Å². The summed E-state index contributed by atoms with van der Waals surface area (Å²) >= 11 is 0. The molecule has 5 nitrogen and oxygen atoms in total. The van der Waals surface area contributed by atoms with Gasteiger partial charge in [0.25, 0.3) is 5.91 Å². The second kappa shape index (κ2) is 5.94. The highest BCUT2D eigenvalue weighted by atomic mass is 19.4. The molecular formula is C16H16F3N3O2. The zero-order chi connectivity index (χ0) is 17.4. The second-order valence-corrected chi connectivity index (χ2v) is 5.81. The molecule has 0 atom stereocenters. The smallest absolute Gasteiger partial charge is 0.380 e. The van der Waals surface area contributed by atoms with Gasteiger partial charge in [-0.15, -0.1) is 0 Å². The molecule has 1 aromatic heterocycles. The van der Waals surface area contributed by atoms with Crippen molar-refractivity contribution in [1.29, 1.82) is 0 Å². The van der Waals surface area contributed by atoms with Gasteiger partial charge in [-0.2, -0.15) is 13.2 Å². The second-order valence-electron chi connectivity index (χ2n) is 5.81. The number of para-hydroxylation sites is 1. The van der Waals surface area contributed by atoms with Crippen LogP contribution in [0.2, 0.25) is 0 Å². The highest BCUT2D eigenvalue weighted by Gasteiger charge is 2.55. The van der Waals surface area contributed by atoms with Crippen LogP contribution in [0.15, 0.2) is 42.9 Å². The van der Waals surface area contributed by atoms with Crippen molar-refractivity contribution in [3.63, 3.8) is 0 Å². The molecule has 1 saturated heterocycles. The monoisotopic (exact) mass is 339 g/mol. The van der Waals surface area contributed by atoms with E-state index < -0.39 is 30.5 Å². The minimum absolute atomic E-state index is 0.158. The molecule has 0 bridgehead atoms. The normalized spacial score (nSPS) is 17.8. The summed E-state index contributed by atoms with van der Waals surface area (Å²) in [6.07, 6.45) is -2.87. The predicted molar refractivity (Wildman–Crippen MR) is 79.7 cm³/mol. The lowest BCUT2D eigenvalue weighted by molar-refractivity contribution is -0.271. The number of aromatic nitrogens is 2. The molecule has 1 aliphatic heterocycles. The number of piperidine rings is 1. The number of halogens is 3. The molecule has 1 aliphatic rings. The molecule has 1 aromatic carbocycles. The fourth-order valence-electron chi connectivity index (χ4n) is 2.77. The van der Waals surface area contributed by atoms with E-state index in [2.05, 4.69) is 4.98 Å². The van der Waals surface area contributed by atoms with Crippen molar-refractivity contribution in [2.45, 2.75) is 24.6 Å². The van der Waals surface area contributed by atoms with E-state index in [1.807, 2.05) is 18.2 Å². The van der Waals surface area contributed by atoms with Crippen LogP contribution < -0.4 is 0 Å². The van der Waals surface area contributed by atoms with Crippen molar-refractivity contribution in [2.24, 2.45) is 0 Å². The Kier molecular flexibility index (Phi) is 4.08. The maximum atomic E-state index is 12.8. The Morgan fingerprint density at radius 2 is 1.79 bits per heavy atom. The molecule has 0 radical (unpaired) electrons. The number of likely N-dealkylation sites (tertiary alicyclic amines) is 1. The number of rotatable bonds is 2. The molecule has 2 heterocycles. The summed E-state index contributed by atoms with van der Waals surface area (Å²) in [5.41, 5.74) is -1.70. The first-order valence-corrected chi connectivity index (χ1v) is 7.48. The third kappa shape index (κ3) is 2.89. The Hall–Kier alpha value is -2.35. The van der Waals surface area contributed by atoms with Crippen LogP contribution in [0.25, 0.3) is 5.69 Å². The van der Waals surface area contributed by atoms with Gasteiger partial charge in [-0.3, -0.25) is 9.36 Å². The van der Waals surface area contributed by atoms with Crippen molar-refractivity contribution in [3.05, 3.63) is 48.5 Å². The van der Waals surface area contributed by atoms with Crippen molar-refractivity contribution in [1.82, 2.24) is 14.5 Å². The Balaban J connectivity index is 1.77. The molecule has 0 spiro atoms. The summed E-state index contributed by atoms with van der Waals surface area (Å²) in [6.45, 7) is -0.316. The maximum absolute atomic E-state index is 12.8. The van der Waals surface area contributed by atoms with Gasteiger partial charge in [0.2, 0.25) is 0 Å². The number of amides is 1. The zero-order valence-corrected chi connectivity index (χ0v) is 12.7. The van der Waals surface area contributed by atoms with Gasteiger partial charge in [0.1, 0.15) is 5.69 Å². The Bertz CT molecular complexity index is 720. The molecular weight excluding hydrogens is 323 g/mol. The minimum Gasteiger partial charge on any atom is -0.380 e. The van der Waals surface area contributed by atoms with Crippen LogP contribution in [0.4, 0.5) is 13.2 Å². The molecule has 2 aromatic rings. The summed E-state index contributed by atoms with van der Waals surface area (Å²) in [4.78, 5) is 17.9. The fourth-order valence-corrected chi connectivity index (χ4v) is 2.77. The first-order valence-electron chi connectivity index (χ1n) is 7.48. The lowest BCUT2D eigenvalue weighted by atomic mass is 9.90. The number of aliphatic hydroxyl groups is 1. The fraction of sp³-hybridized carbons (Fsp3) is 0.375. The van der Waals surface area contributed by atoms with E-state index in [0.29, 0.717) is 0 Å². The molecule has 1 fully saturated rings. The SMILES string of the molecule is O=C(c1cncn1-c1ccccc1)N1CCC(O)(C(F)(F)F)CC1. The number of hydrogen-bond acceptors (Lipinski definition) is 3. The predicted octanol–water partition coefficient (Wildman–Crippen LogP) is 2.40. The van der Waals surface area contributed by atoms with E-state index in [1.54, 1.807) is 16.7 Å². The van der Waals surface area contributed by atoms with E-state index in [-0.39, 0.29) is 18.8 Å². The molecule has 1 N–H and O–H groups in total. The highest BCUT2D eigenvalue weighted by Crippen LogP contribution is 2.38. The molecule has 8 heteroatoms. The third-order valence-electron chi connectivity index (χ3n) is 4.30. The van der Waals surface area contributed by atoms with Gasteiger partial charge in [0.05, 0.1) is 12.5 Å². The van der Waals surface area contributed by atoms with Crippen LogP contribution >= 0.6 is 0 Å². The largest absolute Gasteiger partial charge is 0.417 e. The molecule has 1 amide bonds. The average molecular weight is 339 g/mol. The third-order valence-corrected chi connectivity index (χ3v) is 4.30. The Morgan fingerprint density at radius 3 is 2.38 bits per heavy atom. The van der Waals surface area contributed by atoms with Gasteiger partial charge in [-0.05, 0) is 12.1 Å². The number of alkyl halides is 3. The average Bonchev–Trinajstić information content (AvgIpc) is 3.04. The number of imidazole rings is 1. The Labute approximate surface area is 136 Å². The van der Waals surface area contributed by atoms with Gasteiger partial charge >= 0.3 is 6.18 Å². The quantitative estimate of drug-likeness (QED) is 0.914. The number of carbonyl (C=O) groups excluding carboxylic acids is 1. The van der Waals surface area contributed by atoms with E-state index in [0.717, 1.165) is 5.69 Å². The van der Waals surface area contributed by atoms with Gasteiger partial charge in [0, 0.05) is 31.6 Å². The van der Waals surface area contributed by atoms with Crippen molar-refractivity contribution < 1.29 is 23.1 Å². The summed E-state index contributed by atoms with van der Waals surface area (Å²) < 4.78 is 40.1. The number of nitrogens with zero attached hydrogens (tertiary/aromatic N) is 3. The van der Waals surface area contributed by atoms with Crippen LogP contribution in [0.1, 0.15) is 23.3 Å². The zero-order valence-electron chi connectivity index (χ0n) is 12.7. The van der Waals surface area contributed by atoms with Crippen molar-refractivity contribution in [2.75, 3.05) is 13.1 Å². The minimum atomic E-state index is -4.69. The van der Waals surface area contributed by atoms with Gasteiger partial charge in [-0.1, -0.05) is 18.2 Å². The van der Waals surface area contributed by atoms with Crippen LogP contribution in [0.5, 0.6) is 0 Å². The first-order chi connectivity index (χ1) is 11.3. The van der Waals surface area contributed by atoms with Crippen molar-refractivity contribution in [3.8, 4) is 5.69 Å². The summed E-state index contributed by atoms with van der Waals surface area (Å²) in [6, 6.07) is 9.07. The summed E-state index contributed by atoms with van der Waals surface area (Å²) in [7, 11) is 0. The molecule has 3 rings (SSSR count). The lowest BCUT2D eigenvalue weighted by Crippen LogP contribution is -2.54. The van der Waals surface area contributed by atoms with Crippen LogP contribution in [-0.2, 0) is 0 Å². The van der Waals surface area contributed by atoms with Crippen molar-refractivity contribution >= 4 is 5.91 Å². The van der Waals surface area contributed by atoms with E-state index >= 15 is 0 Å². The Morgan fingerprint density at radius 1 is 1.17 bits per heavy atom. The van der Waals surface area contributed by atoms with Crippen LogP contribution in [-0.4, -0.2) is 50.3 Å².